The number of nitrogens with one attached hydrogen (secondary N) is 1. The summed E-state index contributed by atoms with van der Waals surface area (Å²) in [6.45, 7) is 1.92. The van der Waals surface area contributed by atoms with Gasteiger partial charge >= 0.3 is 6.18 Å². The Morgan fingerprint density at radius 3 is 2.40 bits per heavy atom. The van der Waals surface area contributed by atoms with Gasteiger partial charge < -0.3 is 10.2 Å². The summed E-state index contributed by atoms with van der Waals surface area (Å²) in [5.74, 6) is 0. The van der Waals surface area contributed by atoms with Crippen LogP contribution in [0.1, 0.15) is 5.56 Å². The van der Waals surface area contributed by atoms with Crippen LogP contribution in [-0.2, 0) is 6.18 Å². The van der Waals surface area contributed by atoms with Crippen molar-refractivity contribution in [3.8, 4) is 0 Å². The predicted molar refractivity (Wildman–Crippen MR) is 68.2 cm³/mol. The van der Waals surface area contributed by atoms with Crippen LogP contribution in [0.4, 0.5) is 24.5 Å². The number of hydrogen-bond donors (Lipinski definition) is 1. The molecule has 1 N–H and O–H groups in total. The monoisotopic (exact) mass is 309 g/mol. The molecule has 1 aliphatic heterocycles. The van der Waals surface area contributed by atoms with Gasteiger partial charge in [0.25, 0.3) is 5.69 Å². The second kappa shape index (κ2) is 5.45. The quantitative estimate of drug-likeness (QED) is 0.674. The molecule has 1 saturated heterocycles. The van der Waals surface area contributed by atoms with Crippen molar-refractivity contribution in [1.82, 2.24) is 5.32 Å². The number of nitro benzene ring substituents is 1. The maximum absolute atomic E-state index is 12.8. The average molecular weight is 310 g/mol. The van der Waals surface area contributed by atoms with Gasteiger partial charge in [-0.1, -0.05) is 11.6 Å². The standard InChI is InChI=1S/C11H11ClF3N3O2/c12-8-6-10(18(19)20)9(5-7(8)11(13,14)15)17-3-1-16-2-4-17/h5-6,16H,1-4H2. The molecular weight excluding hydrogens is 299 g/mol. The highest BCUT2D eigenvalue weighted by Crippen LogP contribution is 2.41. The van der Waals surface area contributed by atoms with Crippen molar-refractivity contribution in [2.24, 2.45) is 0 Å². The molecular formula is C11H11ClF3N3O2. The molecule has 0 spiro atoms. The molecule has 0 aromatic heterocycles. The van der Waals surface area contributed by atoms with E-state index in [1.54, 1.807) is 4.90 Å². The Bertz CT molecular complexity index is 530. The number of benzene rings is 1. The molecule has 1 aliphatic rings. The van der Waals surface area contributed by atoms with Crippen LogP contribution in [0.25, 0.3) is 0 Å². The number of halogens is 4. The Hall–Kier alpha value is -1.54. The van der Waals surface area contributed by atoms with Crippen LogP contribution < -0.4 is 10.2 Å². The summed E-state index contributed by atoms with van der Waals surface area (Å²) in [6, 6.07) is 1.52. The lowest BCUT2D eigenvalue weighted by atomic mass is 10.1. The van der Waals surface area contributed by atoms with Gasteiger partial charge in [0.1, 0.15) is 5.69 Å². The second-order valence-corrected chi connectivity index (χ2v) is 4.72. The van der Waals surface area contributed by atoms with Crippen molar-refractivity contribution < 1.29 is 18.1 Å². The molecule has 1 heterocycles. The van der Waals surface area contributed by atoms with Gasteiger partial charge in [0, 0.05) is 32.2 Å². The molecule has 0 atom stereocenters. The van der Waals surface area contributed by atoms with E-state index < -0.39 is 27.4 Å². The highest BCUT2D eigenvalue weighted by Gasteiger charge is 2.36. The summed E-state index contributed by atoms with van der Waals surface area (Å²) >= 11 is 5.51. The van der Waals surface area contributed by atoms with Crippen molar-refractivity contribution in [2.45, 2.75) is 6.18 Å². The summed E-state index contributed by atoms with van der Waals surface area (Å²) < 4.78 is 38.5. The molecule has 2 rings (SSSR count). The lowest BCUT2D eigenvalue weighted by Crippen LogP contribution is -2.43. The molecule has 0 unspecified atom stereocenters. The van der Waals surface area contributed by atoms with Gasteiger partial charge in [0.2, 0.25) is 0 Å². The molecule has 0 saturated carbocycles. The van der Waals surface area contributed by atoms with E-state index in [4.69, 9.17) is 11.6 Å². The topological polar surface area (TPSA) is 58.4 Å². The first kappa shape index (κ1) is 14.9. The summed E-state index contributed by atoms with van der Waals surface area (Å²) in [5, 5.41) is 13.4. The summed E-state index contributed by atoms with van der Waals surface area (Å²) in [7, 11) is 0. The van der Waals surface area contributed by atoms with Crippen LogP contribution in [0.15, 0.2) is 12.1 Å². The lowest BCUT2D eigenvalue weighted by Gasteiger charge is -2.29. The number of alkyl halides is 3. The zero-order chi connectivity index (χ0) is 14.9. The van der Waals surface area contributed by atoms with E-state index in [9.17, 15) is 23.3 Å². The highest BCUT2D eigenvalue weighted by molar-refractivity contribution is 6.31. The van der Waals surface area contributed by atoms with E-state index in [0.29, 0.717) is 26.2 Å². The molecule has 1 aromatic rings. The van der Waals surface area contributed by atoms with E-state index in [0.717, 1.165) is 12.1 Å². The Balaban J connectivity index is 2.53. The lowest BCUT2D eigenvalue weighted by molar-refractivity contribution is -0.384. The Kier molecular flexibility index (Phi) is 4.05. The smallest absolute Gasteiger partial charge is 0.363 e. The molecule has 0 amide bonds. The second-order valence-electron chi connectivity index (χ2n) is 4.31. The number of nitro groups is 1. The molecule has 110 valence electrons. The van der Waals surface area contributed by atoms with Crippen molar-refractivity contribution in [3.05, 3.63) is 32.8 Å². The molecule has 0 bridgehead atoms. The van der Waals surface area contributed by atoms with Crippen molar-refractivity contribution in [3.63, 3.8) is 0 Å². The molecule has 5 nitrogen and oxygen atoms in total. The number of rotatable bonds is 2. The van der Waals surface area contributed by atoms with E-state index in [1.807, 2.05) is 0 Å². The van der Waals surface area contributed by atoms with Crippen molar-refractivity contribution in [1.29, 1.82) is 0 Å². The van der Waals surface area contributed by atoms with Crippen molar-refractivity contribution in [2.75, 3.05) is 31.1 Å². The highest BCUT2D eigenvalue weighted by atomic mass is 35.5. The number of anilines is 1. The normalized spacial score (nSPS) is 16.3. The van der Waals surface area contributed by atoms with Gasteiger partial charge in [-0.25, -0.2) is 0 Å². The van der Waals surface area contributed by atoms with Crippen LogP contribution in [-0.4, -0.2) is 31.1 Å². The molecule has 0 aliphatic carbocycles. The van der Waals surface area contributed by atoms with E-state index >= 15 is 0 Å². The number of piperazine rings is 1. The van der Waals surface area contributed by atoms with E-state index in [1.165, 1.54) is 0 Å². The first-order valence-corrected chi connectivity index (χ1v) is 6.19. The Morgan fingerprint density at radius 1 is 1.30 bits per heavy atom. The summed E-state index contributed by atoms with van der Waals surface area (Å²) in [4.78, 5) is 11.8. The predicted octanol–water partition coefficient (Wildman–Crippen LogP) is 2.68. The minimum atomic E-state index is -4.64. The largest absolute Gasteiger partial charge is 0.417 e. The zero-order valence-corrected chi connectivity index (χ0v) is 11.0. The molecule has 20 heavy (non-hydrogen) atoms. The molecule has 0 radical (unpaired) electrons. The maximum Gasteiger partial charge on any atom is 0.417 e. The van der Waals surface area contributed by atoms with E-state index in [-0.39, 0.29) is 5.69 Å². The number of nitrogens with zero attached hydrogens (tertiary/aromatic N) is 2. The van der Waals surface area contributed by atoms with Crippen LogP contribution in [0, 0.1) is 10.1 Å². The van der Waals surface area contributed by atoms with Gasteiger partial charge in [0.15, 0.2) is 0 Å². The van der Waals surface area contributed by atoms with Gasteiger partial charge in [0.05, 0.1) is 15.5 Å². The van der Waals surface area contributed by atoms with Gasteiger partial charge in [-0.3, -0.25) is 10.1 Å². The van der Waals surface area contributed by atoms with E-state index in [2.05, 4.69) is 5.32 Å². The molecule has 1 fully saturated rings. The van der Waals surface area contributed by atoms with Crippen LogP contribution in [0.3, 0.4) is 0 Å². The Morgan fingerprint density at radius 2 is 1.90 bits per heavy atom. The summed E-state index contributed by atoms with van der Waals surface area (Å²) in [6.07, 6.45) is -4.64. The minimum absolute atomic E-state index is 0.0479. The third-order valence-electron chi connectivity index (χ3n) is 3.02. The van der Waals surface area contributed by atoms with Gasteiger partial charge in [-0.2, -0.15) is 13.2 Å². The number of hydrogen-bond acceptors (Lipinski definition) is 4. The average Bonchev–Trinajstić information content (AvgIpc) is 2.37. The fourth-order valence-electron chi connectivity index (χ4n) is 2.07. The van der Waals surface area contributed by atoms with Crippen molar-refractivity contribution >= 4 is 23.0 Å². The first-order chi connectivity index (χ1) is 9.30. The van der Waals surface area contributed by atoms with Crippen LogP contribution >= 0.6 is 11.6 Å². The fraction of sp³-hybridized carbons (Fsp3) is 0.455. The summed E-state index contributed by atoms with van der Waals surface area (Å²) in [5.41, 5.74) is -1.52. The van der Waals surface area contributed by atoms with Gasteiger partial charge in [-0.05, 0) is 6.07 Å². The van der Waals surface area contributed by atoms with Crippen LogP contribution in [0.2, 0.25) is 5.02 Å². The third-order valence-corrected chi connectivity index (χ3v) is 3.34. The first-order valence-electron chi connectivity index (χ1n) is 5.81. The molecule has 1 aromatic carbocycles. The third kappa shape index (κ3) is 2.96. The SMILES string of the molecule is O=[N+]([O-])c1cc(Cl)c(C(F)(F)F)cc1N1CCNCC1. The fourth-order valence-corrected chi connectivity index (χ4v) is 2.34. The van der Waals surface area contributed by atoms with Crippen LogP contribution in [0.5, 0.6) is 0 Å². The molecule has 9 heteroatoms. The Labute approximate surface area is 117 Å². The maximum atomic E-state index is 12.8. The zero-order valence-electron chi connectivity index (χ0n) is 10.2. The minimum Gasteiger partial charge on any atom is -0.363 e. The van der Waals surface area contributed by atoms with Gasteiger partial charge in [-0.15, -0.1) is 0 Å².